The summed E-state index contributed by atoms with van der Waals surface area (Å²) in [4.78, 5) is 32.1. The Labute approximate surface area is 169 Å². The normalized spacial score (nSPS) is 26.1. The minimum atomic E-state index is -0.0450. The van der Waals surface area contributed by atoms with Crippen LogP contribution in [0, 0.1) is 5.92 Å². The lowest BCUT2D eigenvalue weighted by atomic mass is 9.79. The van der Waals surface area contributed by atoms with E-state index in [0.717, 1.165) is 23.0 Å². The van der Waals surface area contributed by atoms with Gasteiger partial charge in [-0.05, 0) is 75.2 Å². The Bertz CT molecular complexity index is 874. The van der Waals surface area contributed by atoms with Crippen LogP contribution in [-0.2, 0) is 0 Å². The number of piperidine rings is 3. The van der Waals surface area contributed by atoms with Crippen molar-refractivity contribution in [2.45, 2.75) is 48.7 Å². The standard InChI is InChI=1S/C22H25N3O2S/c1-14-21(16-10-12-25(14)13-11-16)24-22(27)17-6-8-18(9-7-17)28-20-5-3-4-19(23-20)15(2)26/h3-9,14,16,21H,10-13H2,1-2H3,(H,24,27)/t14-,21-/m0/s1. The summed E-state index contributed by atoms with van der Waals surface area (Å²) in [5, 5.41) is 4.04. The molecule has 4 heterocycles. The van der Waals surface area contributed by atoms with Gasteiger partial charge in [0.05, 0.1) is 0 Å². The number of ketones is 1. The highest BCUT2D eigenvalue weighted by molar-refractivity contribution is 7.99. The highest BCUT2D eigenvalue weighted by atomic mass is 32.2. The van der Waals surface area contributed by atoms with Crippen LogP contribution < -0.4 is 5.32 Å². The Morgan fingerprint density at radius 3 is 2.46 bits per heavy atom. The average Bonchev–Trinajstić information content (AvgIpc) is 2.71. The zero-order valence-corrected chi connectivity index (χ0v) is 17.0. The van der Waals surface area contributed by atoms with Crippen LogP contribution in [0.3, 0.4) is 0 Å². The molecule has 5 nitrogen and oxygen atoms in total. The van der Waals surface area contributed by atoms with E-state index in [-0.39, 0.29) is 17.7 Å². The van der Waals surface area contributed by atoms with E-state index in [2.05, 4.69) is 22.1 Å². The molecule has 1 aromatic heterocycles. The Morgan fingerprint density at radius 1 is 1.11 bits per heavy atom. The monoisotopic (exact) mass is 395 g/mol. The third kappa shape index (κ3) is 3.98. The lowest BCUT2D eigenvalue weighted by Crippen LogP contribution is -2.62. The minimum Gasteiger partial charge on any atom is -0.347 e. The smallest absolute Gasteiger partial charge is 0.251 e. The lowest BCUT2D eigenvalue weighted by Gasteiger charge is -2.49. The number of benzene rings is 1. The quantitative estimate of drug-likeness (QED) is 0.783. The third-order valence-electron chi connectivity index (χ3n) is 5.90. The summed E-state index contributed by atoms with van der Waals surface area (Å²) < 4.78 is 0. The second-order valence-corrected chi connectivity index (χ2v) is 8.75. The van der Waals surface area contributed by atoms with Crippen molar-refractivity contribution in [1.29, 1.82) is 0 Å². The maximum absolute atomic E-state index is 12.7. The first-order chi connectivity index (χ1) is 13.5. The van der Waals surface area contributed by atoms with Crippen LogP contribution in [0.25, 0.3) is 0 Å². The summed E-state index contributed by atoms with van der Waals surface area (Å²) in [6.45, 7) is 6.05. The molecule has 0 unspecified atom stereocenters. The van der Waals surface area contributed by atoms with E-state index < -0.39 is 0 Å². The largest absolute Gasteiger partial charge is 0.347 e. The maximum Gasteiger partial charge on any atom is 0.251 e. The zero-order chi connectivity index (χ0) is 19.7. The van der Waals surface area contributed by atoms with Crippen molar-refractivity contribution in [1.82, 2.24) is 15.2 Å². The number of carbonyl (C=O) groups is 2. The number of aromatic nitrogens is 1. The van der Waals surface area contributed by atoms with Crippen LogP contribution >= 0.6 is 11.8 Å². The molecule has 0 radical (unpaired) electrons. The number of nitrogens with zero attached hydrogens (tertiary/aromatic N) is 2. The molecule has 2 bridgehead atoms. The first-order valence-electron chi connectivity index (χ1n) is 9.82. The molecule has 5 rings (SSSR count). The molecule has 3 aliphatic heterocycles. The van der Waals surface area contributed by atoms with Gasteiger partial charge in [-0.15, -0.1) is 0 Å². The van der Waals surface area contributed by atoms with Crippen LogP contribution in [0.1, 0.15) is 47.5 Å². The lowest BCUT2D eigenvalue weighted by molar-refractivity contribution is 0.0217. The number of Topliss-reactive ketones (excluding diaryl/α,β-unsaturated/α-hetero) is 1. The number of nitrogens with one attached hydrogen (secondary N) is 1. The average molecular weight is 396 g/mol. The van der Waals surface area contributed by atoms with Gasteiger partial charge < -0.3 is 5.32 Å². The summed E-state index contributed by atoms with van der Waals surface area (Å²) in [5.74, 6) is 0.550. The van der Waals surface area contributed by atoms with Crippen molar-refractivity contribution in [2.24, 2.45) is 5.92 Å². The van der Waals surface area contributed by atoms with Gasteiger partial charge in [0, 0.05) is 29.5 Å². The van der Waals surface area contributed by atoms with E-state index in [0.29, 0.717) is 23.2 Å². The van der Waals surface area contributed by atoms with Crippen LogP contribution in [0.5, 0.6) is 0 Å². The summed E-state index contributed by atoms with van der Waals surface area (Å²) in [6.07, 6.45) is 2.36. The number of fused-ring (bicyclic) bond motifs is 3. The van der Waals surface area contributed by atoms with Crippen LogP contribution in [0.2, 0.25) is 0 Å². The molecule has 28 heavy (non-hydrogen) atoms. The SMILES string of the molecule is CC(=O)c1cccc(Sc2ccc(C(=O)N[C@@H]3C4CCN(CC4)[C@H]3C)cc2)n1. The molecular formula is C22H25N3O2S. The van der Waals surface area contributed by atoms with E-state index in [1.165, 1.54) is 31.5 Å². The summed E-state index contributed by atoms with van der Waals surface area (Å²) in [6, 6.07) is 13.7. The van der Waals surface area contributed by atoms with Crippen molar-refractivity contribution in [2.75, 3.05) is 13.1 Å². The molecule has 1 amide bonds. The van der Waals surface area contributed by atoms with E-state index in [1.807, 2.05) is 36.4 Å². The number of pyridine rings is 1. The number of rotatable bonds is 5. The summed E-state index contributed by atoms with van der Waals surface area (Å²) >= 11 is 1.48. The van der Waals surface area contributed by atoms with Gasteiger partial charge in [0.2, 0.25) is 0 Å². The van der Waals surface area contributed by atoms with E-state index in [4.69, 9.17) is 0 Å². The summed E-state index contributed by atoms with van der Waals surface area (Å²) in [5.41, 5.74) is 1.14. The van der Waals surface area contributed by atoms with Crippen LogP contribution in [-0.4, -0.2) is 46.7 Å². The first-order valence-corrected chi connectivity index (χ1v) is 10.6. The van der Waals surface area contributed by atoms with Crippen LogP contribution in [0.4, 0.5) is 0 Å². The molecule has 2 atom stereocenters. The molecule has 146 valence electrons. The molecule has 6 heteroatoms. The van der Waals surface area contributed by atoms with Gasteiger partial charge in [-0.2, -0.15) is 0 Å². The number of amides is 1. The highest BCUT2D eigenvalue weighted by Gasteiger charge is 2.40. The Morgan fingerprint density at radius 2 is 1.82 bits per heavy atom. The molecule has 3 saturated heterocycles. The zero-order valence-electron chi connectivity index (χ0n) is 16.2. The second kappa shape index (κ2) is 8.05. The van der Waals surface area contributed by atoms with Gasteiger partial charge in [-0.1, -0.05) is 17.8 Å². The van der Waals surface area contributed by atoms with Gasteiger partial charge >= 0.3 is 0 Å². The molecule has 0 aliphatic carbocycles. The molecule has 1 aromatic carbocycles. The molecule has 3 fully saturated rings. The Balaban J connectivity index is 1.41. The third-order valence-corrected chi connectivity index (χ3v) is 6.84. The number of hydrogen-bond acceptors (Lipinski definition) is 5. The van der Waals surface area contributed by atoms with Gasteiger partial charge in [0.25, 0.3) is 5.91 Å². The minimum absolute atomic E-state index is 0.00106. The van der Waals surface area contributed by atoms with Gasteiger partial charge in [0.15, 0.2) is 5.78 Å². The molecule has 1 N–H and O–H groups in total. The van der Waals surface area contributed by atoms with Gasteiger partial charge in [-0.3, -0.25) is 14.5 Å². The van der Waals surface area contributed by atoms with Crippen molar-refractivity contribution in [3.05, 3.63) is 53.7 Å². The Hall–Kier alpha value is -2.18. The first kappa shape index (κ1) is 19.2. The van der Waals surface area contributed by atoms with Gasteiger partial charge in [-0.25, -0.2) is 4.98 Å². The van der Waals surface area contributed by atoms with Crippen molar-refractivity contribution in [3.8, 4) is 0 Å². The fourth-order valence-corrected chi connectivity index (χ4v) is 5.05. The van der Waals surface area contributed by atoms with E-state index in [9.17, 15) is 9.59 Å². The number of carbonyl (C=O) groups excluding carboxylic acids is 2. The second-order valence-electron chi connectivity index (χ2n) is 7.66. The van der Waals surface area contributed by atoms with Crippen molar-refractivity contribution < 1.29 is 9.59 Å². The van der Waals surface area contributed by atoms with Crippen molar-refractivity contribution in [3.63, 3.8) is 0 Å². The maximum atomic E-state index is 12.7. The Kier molecular flexibility index (Phi) is 5.51. The fraction of sp³-hybridized carbons (Fsp3) is 0.409. The fourth-order valence-electron chi connectivity index (χ4n) is 4.24. The molecular weight excluding hydrogens is 370 g/mol. The molecule has 0 spiro atoms. The molecule has 0 saturated carbocycles. The predicted octanol–water partition coefficient (Wildman–Crippen LogP) is 3.65. The molecule has 3 aliphatic rings. The van der Waals surface area contributed by atoms with Gasteiger partial charge in [0.1, 0.15) is 10.7 Å². The van der Waals surface area contributed by atoms with E-state index in [1.54, 1.807) is 6.07 Å². The highest BCUT2D eigenvalue weighted by Crippen LogP contribution is 2.32. The summed E-state index contributed by atoms with van der Waals surface area (Å²) in [7, 11) is 0. The number of hydrogen-bond donors (Lipinski definition) is 1. The van der Waals surface area contributed by atoms with Crippen LogP contribution in [0.15, 0.2) is 52.4 Å². The predicted molar refractivity (Wildman–Crippen MR) is 110 cm³/mol. The molecule has 2 aromatic rings. The van der Waals surface area contributed by atoms with E-state index >= 15 is 0 Å². The topological polar surface area (TPSA) is 62.3 Å². The van der Waals surface area contributed by atoms with Crippen molar-refractivity contribution >= 4 is 23.5 Å².